The van der Waals surface area contributed by atoms with Crippen molar-refractivity contribution >= 4 is 12.6 Å². The van der Waals surface area contributed by atoms with E-state index < -0.39 is 0 Å². The van der Waals surface area contributed by atoms with Crippen molar-refractivity contribution in [3.05, 3.63) is 29.8 Å². The van der Waals surface area contributed by atoms with Gasteiger partial charge in [0.1, 0.15) is 0 Å². The topological polar surface area (TPSA) is 41.9 Å². The molecule has 5 heteroatoms. The Bertz CT molecular complexity index is 549. The Morgan fingerprint density at radius 3 is 2.12 bits per heavy atom. The van der Waals surface area contributed by atoms with E-state index in [9.17, 15) is 0 Å². The lowest BCUT2D eigenvalue weighted by atomic mass is 9.79. The molecule has 2 aliphatic rings. The van der Waals surface area contributed by atoms with Gasteiger partial charge in [0.05, 0.1) is 11.2 Å². The predicted molar refractivity (Wildman–Crippen MR) is 102 cm³/mol. The van der Waals surface area contributed by atoms with Gasteiger partial charge in [-0.25, -0.2) is 0 Å². The zero-order valence-electron chi connectivity index (χ0n) is 16.1. The summed E-state index contributed by atoms with van der Waals surface area (Å²) >= 11 is 0. The van der Waals surface area contributed by atoms with Crippen LogP contribution in [0.25, 0.3) is 0 Å². The van der Waals surface area contributed by atoms with Crippen LogP contribution in [0.5, 0.6) is 0 Å². The van der Waals surface area contributed by atoms with E-state index in [1.165, 1.54) is 18.4 Å². The molecule has 0 saturated carbocycles. The molecule has 138 valence electrons. The summed E-state index contributed by atoms with van der Waals surface area (Å²) < 4.78 is 12.2. The number of likely N-dealkylation sites (tertiary alicyclic amines) is 1. The van der Waals surface area contributed by atoms with E-state index in [0.29, 0.717) is 12.5 Å². The minimum atomic E-state index is -0.296. The molecule has 4 nitrogen and oxygen atoms in total. The monoisotopic (exact) mass is 345 g/mol. The number of aliphatic hydroxyl groups is 1. The van der Waals surface area contributed by atoms with E-state index in [0.717, 1.165) is 31.5 Å². The molecule has 0 radical (unpaired) electrons. The van der Waals surface area contributed by atoms with Crippen molar-refractivity contribution in [3.8, 4) is 0 Å². The molecular formula is C20H32BNO3. The number of hydrogen-bond donors (Lipinski definition) is 1. The molecule has 0 aromatic heterocycles. The van der Waals surface area contributed by atoms with Crippen molar-refractivity contribution in [2.75, 3.05) is 19.7 Å². The standard InChI is InChI=1S/C20H32BNO3/c1-19(2)20(3,4)25-21(24-19)18-7-5-17(6-8-18)15-22-12-9-16(10-13-22)11-14-23/h5-8,16,23H,9-15H2,1-4H3. The van der Waals surface area contributed by atoms with E-state index in [1.807, 2.05) is 0 Å². The van der Waals surface area contributed by atoms with Gasteiger partial charge in [-0.3, -0.25) is 4.90 Å². The summed E-state index contributed by atoms with van der Waals surface area (Å²) in [6, 6.07) is 8.66. The fraction of sp³-hybridized carbons (Fsp3) is 0.700. The highest BCUT2D eigenvalue weighted by atomic mass is 16.7. The molecule has 1 N–H and O–H groups in total. The Morgan fingerprint density at radius 2 is 1.60 bits per heavy atom. The first-order valence-electron chi connectivity index (χ1n) is 9.58. The maximum atomic E-state index is 9.07. The van der Waals surface area contributed by atoms with Gasteiger partial charge in [0.25, 0.3) is 0 Å². The van der Waals surface area contributed by atoms with Crippen LogP contribution in [-0.2, 0) is 15.9 Å². The van der Waals surface area contributed by atoms with E-state index >= 15 is 0 Å². The normalized spacial score (nSPS) is 24.0. The molecular weight excluding hydrogens is 313 g/mol. The van der Waals surface area contributed by atoms with Crippen LogP contribution in [0.2, 0.25) is 0 Å². The van der Waals surface area contributed by atoms with Crippen LogP contribution in [-0.4, -0.2) is 48.0 Å². The molecule has 25 heavy (non-hydrogen) atoms. The van der Waals surface area contributed by atoms with Gasteiger partial charge in [-0.1, -0.05) is 24.3 Å². The van der Waals surface area contributed by atoms with Crippen molar-refractivity contribution in [3.63, 3.8) is 0 Å². The van der Waals surface area contributed by atoms with Gasteiger partial charge in [0, 0.05) is 13.2 Å². The van der Waals surface area contributed by atoms with Crippen molar-refractivity contribution in [1.82, 2.24) is 4.90 Å². The maximum absolute atomic E-state index is 9.07. The lowest BCUT2D eigenvalue weighted by molar-refractivity contribution is 0.00578. The van der Waals surface area contributed by atoms with Crippen LogP contribution in [0.4, 0.5) is 0 Å². The maximum Gasteiger partial charge on any atom is 0.494 e. The number of benzene rings is 1. The van der Waals surface area contributed by atoms with Gasteiger partial charge in [-0.15, -0.1) is 0 Å². The molecule has 0 bridgehead atoms. The van der Waals surface area contributed by atoms with Crippen LogP contribution in [0.3, 0.4) is 0 Å². The summed E-state index contributed by atoms with van der Waals surface area (Å²) in [6.07, 6.45) is 3.36. The molecule has 2 saturated heterocycles. The molecule has 0 spiro atoms. The summed E-state index contributed by atoms with van der Waals surface area (Å²) in [5.41, 5.74) is 1.83. The third-order valence-corrected chi connectivity index (χ3v) is 6.16. The number of nitrogens with zero attached hydrogens (tertiary/aromatic N) is 1. The fourth-order valence-electron chi connectivity index (χ4n) is 3.63. The SMILES string of the molecule is CC1(C)OB(c2ccc(CN3CCC(CCO)CC3)cc2)OC1(C)C. The third-order valence-electron chi connectivity index (χ3n) is 6.16. The molecule has 0 unspecified atom stereocenters. The Balaban J connectivity index is 1.55. The second kappa shape index (κ2) is 7.39. The Labute approximate surface area is 152 Å². The third kappa shape index (κ3) is 4.28. The smallest absolute Gasteiger partial charge is 0.399 e. The van der Waals surface area contributed by atoms with Crippen LogP contribution in [0.15, 0.2) is 24.3 Å². The van der Waals surface area contributed by atoms with E-state index in [1.54, 1.807) is 0 Å². The molecule has 2 fully saturated rings. The number of aliphatic hydroxyl groups excluding tert-OH is 1. The van der Waals surface area contributed by atoms with Gasteiger partial charge in [0.2, 0.25) is 0 Å². The minimum absolute atomic E-state index is 0.284. The lowest BCUT2D eigenvalue weighted by Gasteiger charge is -2.32. The number of hydrogen-bond acceptors (Lipinski definition) is 4. The van der Waals surface area contributed by atoms with Gasteiger partial charge < -0.3 is 14.4 Å². The van der Waals surface area contributed by atoms with Crippen LogP contribution >= 0.6 is 0 Å². The zero-order chi connectivity index (χ0) is 18.1. The lowest BCUT2D eigenvalue weighted by Crippen LogP contribution is -2.41. The average Bonchev–Trinajstić information content (AvgIpc) is 2.78. The molecule has 2 heterocycles. The van der Waals surface area contributed by atoms with Crippen LogP contribution < -0.4 is 5.46 Å². The summed E-state index contributed by atoms with van der Waals surface area (Å²) in [7, 11) is -0.284. The quantitative estimate of drug-likeness (QED) is 0.833. The Morgan fingerprint density at radius 1 is 1.04 bits per heavy atom. The molecule has 1 aromatic rings. The Hall–Kier alpha value is -0.875. The van der Waals surface area contributed by atoms with Gasteiger partial charge in [-0.05, 0) is 77.0 Å². The molecule has 1 aromatic carbocycles. The summed E-state index contributed by atoms with van der Waals surface area (Å²) in [6.45, 7) is 11.9. The first-order valence-corrected chi connectivity index (χ1v) is 9.58. The molecule has 0 atom stereocenters. The zero-order valence-corrected chi connectivity index (χ0v) is 16.1. The fourth-order valence-corrected chi connectivity index (χ4v) is 3.63. The van der Waals surface area contributed by atoms with E-state index in [4.69, 9.17) is 14.4 Å². The average molecular weight is 345 g/mol. The molecule has 3 rings (SSSR count). The van der Waals surface area contributed by atoms with E-state index in [-0.39, 0.29) is 18.3 Å². The second-order valence-electron chi connectivity index (χ2n) is 8.56. The minimum Gasteiger partial charge on any atom is -0.399 e. The highest BCUT2D eigenvalue weighted by Crippen LogP contribution is 2.36. The summed E-state index contributed by atoms with van der Waals surface area (Å²) in [5.74, 6) is 0.701. The summed E-state index contributed by atoms with van der Waals surface area (Å²) in [4.78, 5) is 2.51. The number of rotatable bonds is 5. The molecule has 2 aliphatic heterocycles. The van der Waals surface area contributed by atoms with Crippen LogP contribution in [0.1, 0.15) is 52.5 Å². The largest absolute Gasteiger partial charge is 0.494 e. The molecule has 0 amide bonds. The number of piperidine rings is 1. The first kappa shape index (κ1) is 18.9. The van der Waals surface area contributed by atoms with E-state index in [2.05, 4.69) is 56.9 Å². The van der Waals surface area contributed by atoms with Crippen LogP contribution in [0, 0.1) is 5.92 Å². The highest BCUT2D eigenvalue weighted by Gasteiger charge is 2.51. The van der Waals surface area contributed by atoms with Gasteiger partial charge in [0.15, 0.2) is 0 Å². The highest BCUT2D eigenvalue weighted by molar-refractivity contribution is 6.62. The first-order chi connectivity index (χ1) is 11.8. The van der Waals surface area contributed by atoms with Crippen molar-refractivity contribution < 1.29 is 14.4 Å². The van der Waals surface area contributed by atoms with Crippen molar-refractivity contribution in [2.24, 2.45) is 5.92 Å². The Kier molecular flexibility index (Phi) is 5.59. The van der Waals surface area contributed by atoms with Crippen molar-refractivity contribution in [2.45, 2.75) is 64.7 Å². The van der Waals surface area contributed by atoms with Crippen molar-refractivity contribution in [1.29, 1.82) is 0 Å². The predicted octanol–water partition coefficient (Wildman–Crippen LogP) is 2.58. The van der Waals surface area contributed by atoms with Gasteiger partial charge >= 0.3 is 7.12 Å². The van der Waals surface area contributed by atoms with Gasteiger partial charge in [-0.2, -0.15) is 0 Å². The second-order valence-corrected chi connectivity index (χ2v) is 8.56. The molecule has 0 aliphatic carbocycles. The summed E-state index contributed by atoms with van der Waals surface area (Å²) in [5, 5.41) is 9.07.